The van der Waals surface area contributed by atoms with E-state index < -0.39 is 5.60 Å². The average Bonchev–Trinajstić information content (AvgIpc) is 3.29. The highest BCUT2D eigenvalue weighted by molar-refractivity contribution is 6.22. The van der Waals surface area contributed by atoms with Crippen LogP contribution in [0.5, 0.6) is 0 Å². The lowest BCUT2D eigenvalue weighted by atomic mass is 9.68. The van der Waals surface area contributed by atoms with Gasteiger partial charge < -0.3 is 4.74 Å². The van der Waals surface area contributed by atoms with Crippen molar-refractivity contribution >= 4 is 17.5 Å². The Labute approximate surface area is 116 Å². The number of fused-ring (bicyclic) bond motifs is 4. The molecule has 4 nitrogen and oxygen atoms in total. The molecule has 1 saturated heterocycles. The van der Waals surface area contributed by atoms with Gasteiger partial charge in [-0.25, -0.2) is 4.90 Å². The van der Waals surface area contributed by atoms with Crippen molar-refractivity contribution < 1.29 is 14.3 Å². The molecule has 2 amide bonds. The molecule has 0 bridgehead atoms. The zero-order valence-corrected chi connectivity index (χ0v) is 11.3. The molecular weight excluding hydrogens is 254 g/mol. The van der Waals surface area contributed by atoms with Gasteiger partial charge >= 0.3 is 0 Å². The zero-order valence-electron chi connectivity index (χ0n) is 11.3. The summed E-state index contributed by atoms with van der Waals surface area (Å²) in [5.74, 6) is -0.392. The second-order valence-corrected chi connectivity index (χ2v) is 6.54. The van der Waals surface area contributed by atoms with Gasteiger partial charge in [0.25, 0.3) is 5.91 Å². The highest BCUT2D eigenvalue weighted by atomic mass is 16.6. The van der Waals surface area contributed by atoms with Crippen LogP contribution in [-0.2, 0) is 19.9 Å². The topological polar surface area (TPSA) is 46.6 Å². The van der Waals surface area contributed by atoms with Crippen LogP contribution in [0.25, 0.3) is 0 Å². The highest BCUT2D eigenvalue weighted by Crippen LogP contribution is 2.84. The maximum atomic E-state index is 13.0. The minimum Gasteiger partial charge on any atom is -0.352 e. The molecule has 0 radical (unpaired) electrons. The predicted molar refractivity (Wildman–Crippen MR) is 71.0 cm³/mol. The maximum Gasteiger partial charge on any atom is 0.271 e. The summed E-state index contributed by atoms with van der Waals surface area (Å²) in [4.78, 5) is 26.2. The van der Waals surface area contributed by atoms with Gasteiger partial charge in [0.2, 0.25) is 5.91 Å². The molecule has 2 saturated carbocycles. The van der Waals surface area contributed by atoms with Crippen molar-refractivity contribution in [2.24, 2.45) is 5.41 Å². The third kappa shape index (κ3) is 0.845. The number of amides is 2. The first-order valence-corrected chi connectivity index (χ1v) is 7.23. The second kappa shape index (κ2) is 2.84. The molecule has 2 aliphatic carbocycles. The quantitative estimate of drug-likeness (QED) is 0.724. The summed E-state index contributed by atoms with van der Waals surface area (Å²) in [6, 6.07) is 7.59. The fraction of sp³-hybridized carbons (Fsp3) is 0.500. The van der Waals surface area contributed by atoms with Crippen LogP contribution in [0.3, 0.4) is 0 Å². The van der Waals surface area contributed by atoms with Crippen molar-refractivity contribution in [2.45, 2.75) is 43.8 Å². The molecule has 2 aliphatic heterocycles. The number of nitrogens with zero attached hydrogens (tertiary/aromatic N) is 1. The average molecular weight is 269 g/mol. The van der Waals surface area contributed by atoms with Crippen LogP contribution in [0.15, 0.2) is 24.3 Å². The van der Waals surface area contributed by atoms with E-state index in [0.717, 1.165) is 31.2 Å². The Hall–Kier alpha value is -1.68. The van der Waals surface area contributed by atoms with Crippen LogP contribution < -0.4 is 4.90 Å². The first-order valence-electron chi connectivity index (χ1n) is 7.23. The number of hydrogen-bond donors (Lipinski definition) is 0. The van der Waals surface area contributed by atoms with E-state index in [4.69, 9.17) is 4.74 Å². The molecule has 1 aromatic rings. The van der Waals surface area contributed by atoms with Gasteiger partial charge in [0.1, 0.15) is 0 Å². The lowest BCUT2D eigenvalue weighted by Gasteiger charge is -2.54. The first kappa shape index (κ1) is 11.0. The number of anilines is 1. The van der Waals surface area contributed by atoms with Gasteiger partial charge in [0, 0.05) is 17.9 Å². The monoisotopic (exact) mass is 269 g/mol. The minimum atomic E-state index is -0.869. The van der Waals surface area contributed by atoms with Gasteiger partial charge in [-0.2, -0.15) is 0 Å². The molecule has 0 unspecified atom stereocenters. The van der Waals surface area contributed by atoms with Crippen LogP contribution in [-0.4, -0.2) is 17.4 Å². The normalized spacial score (nSPS) is 33.5. The summed E-state index contributed by atoms with van der Waals surface area (Å²) in [6.07, 6.45) is 4.20. The number of hydrogen-bond acceptors (Lipinski definition) is 3. The summed E-state index contributed by atoms with van der Waals surface area (Å²) < 4.78 is 6.24. The van der Waals surface area contributed by atoms with Gasteiger partial charge in [0.05, 0.1) is 11.3 Å². The molecule has 5 rings (SSSR count). The molecule has 0 aromatic heterocycles. The van der Waals surface area contributed by atoms with E-state index in [9.17, 15) is 9.59 Å². The molecule has 20 heavy (non-hydrogen) atoms. The number of rotatable bonds is 0. The van der Waals surface area contributed by atoms with Gasteiger partial charge in [-0.1, -0.05) is 18.2 Å². The van der Waals surface area contributed by atoms with Gasteiger partial charge in [-0.3, -0.25) is 9.59 Å². The fourth-order valence-corrected chi connectivity index (χ4v) is 4.61. The Morgan fingerprint density at radius 3 is 2.50 bits per heavy atom. The molecule has 2 heterocycles. The summed E-state index contributed by atoms with van der Waals surface area (Å²) >= 11 is 0. The van der Waals surface area contributed by atoms with Crippen molar-refractivity contribution in [3.8, 4) is 0 Å². The van der Waals surface area contributed by atoms with Crippen LogP contribution in [0.4, 0.5) is 5.69 Å². The van der Waals surface area contributed by atoms with Crippen molar-refractivity contribution in [1.29, 1.82) is 0 Å². The van der Waals surface area contributed by atoms with E-state index in [1.807, 2.05) is 24.3 Å². The van der Waals surface area contributed by atoms with Crippen LogP contribution in [0, 0.1) is 5.41 Å². The lowest BCUT2D eigenvalue weighted by Crippen LogP contribution is -2.66. The number of ether oxygens (including phenoxy) is 1. The second-order valence-electron chi connectivity index (χ2n) is 6.54. The highest BCUT2D eigenvalue weighted by Gasteiger charge is 2.89. The molecule has 3 spiro atoms. The van der Waals surface area contributed by atoms with E-state index in [2.05, 4.69) is 0 Å². The Balaban J connectivity index is 1.76. The maximum absolute atomic E-state index is 13.0. The molecule has 4 heteroatoms. The Morgan fingerprint density at radius 1 is 1.20 bits per heavy atom. The van der Waals surface area contributed by atoms with E-state index in [-0.39, 0.29) is 22.8 Å². The Morgan fingerprint density at radius 2 is 1.90 bits per heavy atom. The third-order valence-electron chi connectivity index (χ3n) is 5.69. The van der Waals surface area contributed by atoms with Crippen LogP contribution in [0.1, 0.15) is 38.2 Å². The van der Waals surface area contributed by atoms with E-state index >= 15 is 0 Å². The summed E-state index contributed by atoms with van der Waals surface area (Å²) in [7, 11) is 0. The Kier molecular flexibility index (Phi) is 1.57. The van der Waals surface area contributed by atoms with E-state index in [1.165, 1.54) is 11.8 Å². The summed E-state index contributed by atoms with van der Waals surface area (Å²) in [5, 5.41) is 0. The lowest BCUT2D eigenvalue weighted by molar-refractivity contribution is -0.284. The number of carbonyl (C=O) groups is 2. The predicted octanol–water partition coefficient (Wildman–Crippen LogP) is 2.12. The molecule has 102 valence electrons. The number of benzene rings is 1. The zero-order chi connectivity index (χ0) is 13.8. The molecule has 1 aromatic carbocycles. The smallest absolute Gasteiger partial charge is 0.271 e. The van der Waals surface area contributed by atoms with Crippen molar-refractivity contribution in [1.82, 2.24) is 0 Å². The van der Waals surface area contributed by atoms with Crippen molar-refractivity contribution in [2.75, 3.05) is 4.90 Å². The molecule has 1 atom stereocenters. The van der Waals surface area contributed by atoms with Crippen molar-refractivity contribution in [3.05, 3.63) is 29.8 Å². The number of carbonyl (C=O) groups excluding carboxylic acids is 2. The van der Waals surface area contributed by atoms with E-state index in [0.29, 0.717) is 5.69 Å². The van der Waals surface area contributed by atoms with Gasteiger partial charge in [0.15, 0.2) is 5.60 Å². The molecule has 4 aliphatic rings. The summed E-state index contributed by atoms with van der Waals surface area (Å²) in [5.41, 5.74) is 0.660. The van der Waals surface area contributed by atoms with Gasteiger partial charge in [-0.05, 0) is 31.7 Å². The largest absolute Gasteiger partial charge is 0.352 e. The van der Waals surface area contributed by atoms with Crippen LogP contribution in [0.2, 0.25) is 0 Å². The Bertz CT molecular complexity index is 687. The third-order valence-corrected chi connectivity index (χ3v) is 5.69. The number of para-hydroxylation sites is 1. The number of imide groups is 1. The SMILES string of the molecule is CC(=O)N1C(=O)[C@]2(OC3(CC3)C23CC3)c2ccccc21. The summed E-state index contributed by atoms with van der Waals surface area (Å²) in [6.45, 7) is 1.44. The molecule has 0 N–H and O–H groups in total. The minimum absolute atomic E-state index is 0.0304. The van der Waals surface area contributed by atoms with Gasteiger partial charge in [-0.15, -0.1) is 0 Å². The van der Waals surface area contributed by atoms with E-state index in [1.54, 1.807) is 0 Å². The first-order chi connectivity index (χ1) is 9.58. The van der Waals surface area contributed by atoms with Crippen molar-refractivity contribution in [3.63, 3.8) is 0 Å². The molecular formula is C16H15NO3. The van der Waals surface area contributed by atoms with Crippen LogP contribution >= 0.6 is 0 Å². The standard InChI is InChI=1S/C16H15NO3/c1-10(18)17-12-5-3-2-4-11(12)16(13(17)19)14(6-7-14)15(20-16)8-9-15/h2-5H,6-9H2,1H3/t16-/m1/s1. The molecule has 3 fully saturated rings. The fourth-order valence-electron chi connectivity index (χ4n) is 4.61.